The number of likely N-dealkylation sites (tertiary alicyclic amines) is 1. The van der Waals surface area contributed by atoms with Crippen LogP contribution in [0.5, 0.6) is 0 Å². The summed E-state index contributed by atoms with van der Waals surface area (Å²) in [6, 6.07) is 5.76. The number of carbonyl (C=O) groups excluding carboxylic acids is 2. The van der Waals surface area contributed by atoms with Gasteiger partial charge in [-0.15, -0.1) is 0 Å². The van der Waals surface area contributed by atoms with Gasteiger partial charge in [-0.3, -0.25) is 9.59 Å². The first kappa shape index (κ1) is 16.6. The molecule has 1 unspecified atom stereocenters. The number of nitrogens with one attached hydrogen (secondary N) is 1. The third-order valence-corrected chi connectivity index (χ3v) is 8.05. The molecule has 146 valence electrons. The number of fused-ring (bicyclic) bond motifs is 6. The van der Waals surface area contributed by atoms with Gasteiger partial charge in [0, 0.05) is 24.7 Å². The number of rotatable bonds is 3. The van der Waals surface area contributed by atoms with E-state index in [2.05, 4.69) is 17.3 Å². The molecule has 4 fully saturated rings. The van der Waals surface area contributed by atoms with E-state index in [1.165, 1.54) is 19.3 Å². The van der Waals surface area contributed by atoms with Crippen molar-refractivity contribution in [2.45, 2.75) is 44.7 Å². The summed E-state index contributed by atoms with van der Waals surface area (Å²) in [7, 11) is 0. The summed E-state index contributed by atoms with van der Waals surface area (Å²) in [5, 5.41) is 7.41. The number of amides is 2. The van der Waals surface area contributed by atoms with E-state index in [4.69, 9.17) is 0 Å². The third kappa shape index (κ3) is 2.23. The first-order valence-corrected chi connectivity index (χ1v) is 10.7. The van der Waals surface area contributed by atoms with Gasteiger partial charge < -0.3 is 10.2 Å². The van der Waals surface area contributed by atoms with Crippen LogP contribution in [-0.4, -0.2) is 45.0 Å². The molecule has 6 nitrogen and oxygen atoms in total. The number of pyridine rings is 1. The number of hydrogen-bond donors (Lipinski definition) is 1. The first-order chi connectivity index (χ1) is 13.6. The molecule has 3 heterocycles. The van der Waals surface area contributed by atoms with Gasteiger partial charge in [0.1, 0.15) is 0 Å². The Balaban J connectivity index is 1.14. The van der Waals surface area contributed by atoms with Crippen molar-refractivity contribution in [3.63, 3.8) is 0 Å². The second-order valence-electron chi connectivity index (χ2n) is 9.24. The molecule has 1 aliphatic heterocycles. The van der Waals surface area contributed by atoms with Gasteiger partial charge in [0.2, 0.25) is 5.91 Å². The molecule has 2 aromatic rings. The van der Waals surface area contributed by atoms with Crippen LogP contribution in [0.2, 0.25) is 0 Å². The van der Waals surface area contributed by atoms with Crippen molar-refractivity contribution in [1.82, 2.24) is 19.8 Å². The standard InChI is InChI=1S/C22H26N4O2/c1-12-16(24-21(27)15-11-23-26-8-3-2-4-17(15)26)7-9-25(12)22(28)20-18-13-5-6-14(10-13)19(18)20/h2-4,8,11-14,16,18-20H,5-7,9-10H2,1H3,(H,24,27)/t12-,13-,14+,16-,18+,19-,20?/m1/s1. The predicted molar refractivity (Wildman–Crippen MR) is 104 cm³/mol. The SMILES string of the molecule is C[C@@H]1[C@H](NC(=O)c2cnn3ccccc23)CCN1C(=O)C1[C@@H]2[C@H]3CC[C@H](C3)[C@H]12. The topological polar surface area (TPSA) is 66.7 Å². The number of nitrogens with zero attached hydrogens (tertiary/aromatic N) is 3. The summed E-state index contributed by atoms with van der Waals surface area (Å²) in [6.45, 7) is 2.84. The fourth-order valence-electron chi connectivity index (χ4n) is 6.65. The summed E-state index contributed by atoms with van der Waals surface area (Å²) in [4.78, 5) is 28.1. The summed E-state index contributed by atoms with van der Waals surface area (Å²) in [5.41, 5.74) is 1.39. The Hall–Kier alpha value is -2.37. The maximum atomic E-state index is 13.2. The van der Waals surface area contributed by atoms with Crippen molar-refractivity contribution in [3.8, 4) is 0 Å². The van der Waals surface area contributed by atoms with Gasteiger partial charge in [-0.05, 0) is 68.4 Å². The Morgan fingerprint density at radius 2 is 1.93 bits per heavy atom. The Bertz CT molecular complexity index is 952. The van der Waals surface area contributed by atoms with Gasteiger partial charge in [-0.25, -0.2) is 4.52 Å². The molecule has 0 aromatic carbocycles. The van der Waals surface area contributed by atoms with E-state index in [1.807, 2.05) is 29.3 Å². The summed E-state index contributed by atoms with van der Waals surface area (Å²) < 4.78 is 1.71. The minimum atomic E-state index is -0.103. The Morgan fingerprint density at radius 1 is 1.14 bits per heavy atom. The lowest BCUT2D eigenvalue weighted by atomic mass is 10.0. The zero-order valence-corrected chi connectivity index (χ0v) is 16.1. The molecule has 3 saturated carbocycles. The van der Waals surface area contributed by atoms with Crippen molar-refractivity contribution in [2.75, 3.05) is 6.54 Å². The van der Waals surface area contributed by atoms with Crippen LogP contribution < -0.4 is 5.32 Å². The maximum Gasteiger partial charge on any atom is 0.255 e. The average molecular weight is 378 g/mol. The predicted octanol–water partition coefficient (Wildman–Crippen LogP) is 2.35. The van der Waals surface area contributed by atoms with Crippen LogP contribution in [-0.2, 0) is 4.79 Å². The van der Waals surface area contributed by atoms with E-state index >= 15 is 0 Å². The highest BCUT2D eigenvalue weighted by Crippen LogP contribution is 2.69. The lowest BCUT2D eigenvalue weighted by Crippen LogP contribution is -2.45. The molecule has 3 aliphatic carbocycles. The molecule has 4 aliphatic rings. The van der Waals surface area contributed by atoms with E-state index in [9.17, 15) is 9.59 Å². The Kier molecular flexibility index (Phi) is 3.44. The summed E-state index contributed by atoms with van der Waals surface area (Å²) in [5.74, 6) is 3.50. The lowest BCUT2D eigenvalue weighted by molar-refractivity contribution is -0.134. The molecule has 28 heavy (non-hydrogen) atoms. The van der Waals surface area contributed by atoms with Crippen LogP contribution in [0.1, 0.15) is 43.0 Å². The van der Waals surface area contributed by atoms with Crippen molar-refractivity contribution in [2.24, 2.45) is 29.6 Å². The van der Waals surface area contributed by atoms with Gasteiger partial charge in [-0.1, -0.05) is 6.07 Å². The zero-order valence-electron chi connectivity index (χ0n) is 16.1. The van der Waals surface area contributed by atoms with E-state index in [0.29, 0.717) is 23.3 Å². The van der Waals surface area contributed by atoms with Gasteiger partial charge in [0.15, 0.2) is 0 Å². The fourth-order valence-corrected chi connectivity index (χ4v) is 6.65. The molecule has 6 rings (SSSR count). The lowest BCUT2D eigenvalue weighted by Gasteiger charge is -2.26. The van der Waals surface area contributed by atoms with Crippen LogP contribution in [0.3, 0.4) is 0 Å². The van der Waals surface area contributed by atoms with E-state index < -0.39 is 0 Å². The van der Waals surface area contributed by atoms with E-state index in [-0.39, 0.29) is 23.9 Å². The molecule has 0 radical (unpaired) electrons. The Morgan fingerprint density at radius 3 is 2.71 bits per heavy atom. The molecule has 6 heteroatoms. The summed E-state index contributed by atoms with van der Waals surface area (Å²) >= 11 is 0. The smallest absolute Gasteiger partial charge is 0.255 e. The molecule has 2 amide bonds. The van der Waals surface area contributed by atoms with Crippen LogP contribution in [0.4, 0.5) is 0 Å². The highest BCUT2D eigenvalue weighted by atomic mass is 16.2. The minimum absolute atomic E-state index is 0.00502. The van der Waals surface area contributed by atoms with Crippen molar-refractivity contribution in [1.29, 1.82) is 0 Å². The Labute approximate surface area is 164 Å². The molecule has 2 aromatic heterocycles. The van der Waals surface area contributed by atoms with Crippen molar-refractivity contribution < 1.29 is 9.59 Å². The number of hydrogen-bond acceptors (Lipinski definition) is 3. The maximum absolute atomic E-state index is 13.2. The molecular weight excluding hydrogens is 352 g/mol. The van der Waals surface area contributed by atoms with E-state index in [1.54, 1.807) is 10.7 Å². The third-order valence-electron chi connectivity index (χ3n) is 8.05. The van der Waals surface area contributed by atoms with Gasteiger partial charge in [0.05, 0.1) is 23.3 Å². The average Bonchev–Trinajstić information content (AvgIpc) is 3.12. The molecule has 1 N–H and O–H groups in total. The second kappa shape index (κ2) is 5.82. The quantitative estimate of drug-likeness (QED) is 0.892. The fraction of sp³-hybridized carbons (Fsp3) is 0.591. The van der Waals surface area contributed by atoms with Crippen molar-refractivity contribution in [3.05, 3.63) is 36.2 Å². The van der Waals surface area contributed by atoms with Gasteiger partial charge in [-0.2, -0.15) is 5.10 Å². The zero-order chi connectivity index (χ0) is 19.0. The van der Waals surface area contributed by atoms with Crippen LogP contribution in [0.15, 0.2) is 30.6 Å². The van der Waals surface area contributed by atoms with Gasteiger partial charge in [0.25, 0.3) is 5.91 Å². The van der Waals surface area contributed by atoms with Crippen LogP contribution in [0.25, 0.3) is 5.52 Å². The number of aromatic nitrogens is 2. The van der Waals surface area contributed by atoms with Crippen LogP contribution in [0, 0.1) is 29.6 Å². The van der Waals surface area contributed by atoms with Gasteiger partial charge >= 0.3 is 0 Å². The summed E-state index contributed by atoms with van der Waals surface area (Å²) in [6.07, 6.45) is 8.32. The molecular formula is C22H26N4O2. The van der Waals surface area contributed by atoms with Crippen molar-refractivity contribution >= 4 is 17.3 Å². The normalized spacial score (nSPS) is 38.0. The number of carbonyl (C=O) groups is 2. The van der Waals surface area contributed by atoms with Crippen LogP contribution >= 0.6 is 0 Å². The minimum Gasteiger partial charge on any atom is -0.347 e. The monoisotopic (exact) mass is 378 g/mol. The van der Waals surface area contributed by atoms with E-state index in [0.717, 1.165) is 30.3 Å². The molecule has 1 saturated heterocycles. The molecule has 0 spiro atoms. The highest BCUT2D eigenvalue weighted by Gasteiger charge is 2.68. The highest BCUT2D eigenvalue weighted by molar-refractivity contribution is 6.00. The first-order valence-electron chi connectivity index (χ1n) is 10.7. The second-order valence-corrected chi connectivity index (χ2v) is 9.24. The largest absolute Gasteiger partial charge is 0.347 e. The molecule has 2 bridgehead atoms. The molecule has 7 atom stereocenters.